The van der Waals surface area contributed by atoms with E-state index in [0.29, 0.717) is 17.1 Å². The Morgan fingerprint density at radius 1 is 0.933 bits per heavy atom. The molecule has 1 aliphatic heterocycles. The third-order valence-corrected chi connectivity index (χ3v) is 5.22. The van der Waals surface area contributed by atoms with E-state index >= 15 is 0 Å². The lowest BCUT2D eigenvalue weighted by Gasteiger charge is -2.15. The highest BCUT2D eigenvalue weighted by molar-refractivity contribution is 6.36. The minimum absolute atomic E-state index is 0.170. The van der Waals surface area contributed by atoms with Crippen LogP contribution in [0.15, 0.2) is 42.1 Å². The van der Waals surface area contributed by atoms with Crippen molar-refractivity contribution < 1.29 is 23.8 Å². The van der Waals surface area contributed by atoms with Gasteiger partial charge >= 0.3 is 0 Å². The standard InChI is InChI=1S/C23H26N2O5/c1-14-7-6-8-17(15(14)2)24-21-20(22(26)25(23(21)27)11-12-28-3)16-9-10-18(29-4)19(13-16)30-5/h6-10,13,24H,11-12H2,1-5H3. The van der Waals surface area contributed by atoms with Crippen LogP contribution in [0.25, 0.3) is 5.57 Å². The van der Waals surface area contributed by atoms with E-state index in [1.54, 1.807) is 25.3 Å². The molecule has 0 bridgehead atoms. The summed E-state index contributed by atoms with van der Waals surface area (Å²) in [5.41, 5.74) is 3.96. The first-order valence-corrected chi connectivity index (χ1v) is 9.58. The van der Waals surface area contributed by atoms with Crippen molar-refractivity contribution >= 4 is 23.1 Å². The van der Waals surface area contributed by atoms with Crippen molar-refractivity contribution in [3.63, 3.8) is 0 Å². The summed E-state index contributed by atoms with van der Waals surface area (Å²) in [5, 5.41) is 3.21. The molecule has 3 rings (SSSR count). The Labute approximate surface area is 176 Å². The zero-order valence-electron chi connectivity index (χ0n) is 17.9. The van der Waals surface area contributed by atoms with Gasteiger partial charge in [0, 0.05) is 12.8 Å². The summed E-state index contributed by atoms with van der Waals surface area (Å²) in [5.74, 6) is 0.253. The van der Waals surface area contributed by atoms with E-state index in [1.807, 2.05) is 32.0 Å². The summed E-state index contributed by atoms with van der Waals surface area (Å²) in [6, 6.07) is 10.9. The van der Waals surface area contributed by atoms with Gasteiger partial charge < -0.3 is 19.5 Å². The summed E-state index contributed by atoms with van der Waals surface area (Å²) in [4.78, 5) is 27.6. The molecule has 30 heavy (non-hydrogen) atoms. The highest BCUT2D eigenvalue weighted by Crippen LogP contribution is 2.36. The van der Waals surface area contributed by atoms with Gasteiger partial charge in [0.2, 0.25) is 0 Å². The van der Waals surface area contributed by atoms with Crippen LogP contribution < -0.4 is 14.8 Å². The van der Waals surface area contributed by atoms with Crippen molar-refractivity contribution in [2.45, 2.75) is 13.8 Å². The Bertz CT molecular complexity index is 1010. The lowest BCUT2D eigenvalue weighted by atomic mass is 10.0. The molecule has 1 aliphatic rings. The second-order valence-corrected chi connectivity index (χ2v) is 6.95. The van der Waals surface area contributed by atoms with Crippen LogP contribution in [0.5, 0.6) is 11.5 Å². The van der Waals surface area contributed by atoms with Crippen LogP contribution in [0.4, 0.5) is 5.69 Å². The number of rotatable bonds is 8. The molecule has 2 aromatic rings. The average molecular weight is 410 g/mol. The van der Waals surface area contributed by atoms with Crippen molar-refractivity contribution in [2.24, 2.45) is 0 Å². The first-order valence-electron chi connectivity index (χ1n) is 9.58. The predicted octanol–water partition coefficient (Wildman–Crippen LogP) is 3.16. The van der Waals surface area contributed by atoms with E-state index < -0.39 is 0 Å². The minimum atomic E-state index is -0.386. The predicted molar refractivity (Wildman–Crippen MR) is 115 cm³/mol. The number of imide groups is 1. The Balaban J connectivity index is 2.12. The van der Waals surface area contributed by atoms with E-state index in [0.717, 1.165) is 16.8 Å². The molecule has 2 amide bonds. The van der Waals surface area contributed by atoms with Crippen molar-refractivity contribution in [2.75, 3.05) is 39.8 Å². The maximum atomic E-state index is 13.2. The molecule has 1 N–H and O–H groups in total. The molecule has 7 heteroatoms. The zero-order valence-corrected chi connectivity index (χ0v) is 17.9. The van der Waals surface area contributed by atoms with E-state index in [2.05, 4.69) is 5.32 Å². The SMILES string of the molecule is COCCN1C(=O)C(Nc2cccc(C)c2C)=C(c2ccc(OC)c(OC)c2)C1=O. The molecule has 158 valence electrons. The fourth-order valence-corrected chi connectivity index (χ4v) is 3.36. The number of nitrogens with one attached hydrogen (secondary N) is 1. The molecule has 0 saturated carbocycles. The van der Waals surface area contributed by atoms with Gasteiger partial charge in [0.05, 0.1) is 32.9 Å². The summed E-state index contributed by atoms with van der Waals surface area (Å²) < 4.78 is 15.7. The maximum absolute atomic E-state index is 13.2. The first-order chi connectivity index (χ1) is 14.4. The van der Waals surface area contributed by atoms with Gasteiger partial charge in [-0.2, -0.15) is 0 Å². The molecule has 0 fully saturated rings. The normalized spacial score (nSPS) is 13.8. The smallest absolute Gasteiger partial charge is 0.278 e. The molecule has 1 heterocycles. The van der Waals surface area contributed by atoms with Gasteiger partial charge in [0.15, 0.2) is 11.5 Å². The van der Waals surface area contributed by atoms with E-state index in [9.17, 15) is 9.59 Å². The molecule has 0 spiro atoms. The number of anilines is 1. The van der Waals surface area contributed by atoms with Crippen LogP contribution in [-0.4, -0.2) is 51.2 Å². The number of amides is 2. The lowest BCUT2D eigenvalue weighted by molar-refractivity contribution is -0.137. The van der Waals surface area contributed by atoms with Crippen molar-refractivity contribution in [3.8, 4) is 11.5 Å². The number of carbonyl (C=O) groups excluding carboxylic acids is 2. The van der Waals surface area contributed by atoms with Gasteiger partial charge in [-0.25, -0.2) is 0 Å². The zero-order chi connectivity index (χ0) is 21.8. The molecule has 0 unspecified atom stereocenters. The van der Waals surface area contributed by atoms with E-state index in [1.165, 1.54) is 19.1 Å². The summed E-state index contributed by atoms with van der Waals surface area (Å²) in [6.07, 6.45) is 0. The number of benzene rings is 2. The van der Waals surface area contributed by atoms with Crippen LogP contribution in [0.1, 0.15) is 16.7 Å². The van der Waals surface area contributed by atoms with E-state index in [4.69, 9.17) is 14.2 Å². The van der Waals surface area contributed by atoms with Gasteiger partial charge in [0.1, 0.15) is 5.70 Å². The number of hydrogen-bond donors (Lipinski definition) is 1. The quantitative estimate of drug-likeness (QED) is 0.674. The monoisotopic (exact) mass is 410 g/mol. The van der Waals surface area contributed by atoms with Gasteiger partial charge in [-0.3, -0.25) is 14.5 Å². The number of nitrogens with zero attached hydrogens (tertiary/aromatic N) is 1. The largest absolute Gasteiger partial charge is 0.493 e. The molecule has 2 aromatic carbocycles. The first kappa shape index (κ1) is 21.4. The Hall–Kier alpha value is -3.32. The van der Waals surface area contributed by atoms with Gasteiger partial charge in [0.25, 0.3) is 11.8 Å². The Morgan fingerprint density at radius 3 is 2.33 bits per heavy atom. The Morgan fingerprint density at radius 2 is 1.67 bits per heavy atom. The number of ether oxygens (including phenoxy) is 3. The van der Waals surface area contributed by atoms with Gasteiger partial charge in [-0.05, 0) is 48.7 Å². The minimum Gasteiger partial charge on any atom is -0.493 e. The van der Waals surface area contributed by atoms with Crippen LogP contribution in [0, 0.1) is 13.8 Å². The van der Waals surface area contributed by atoms with Crippen molar-refractivity contribution in [3.05, 3.63) is 58.8 Å². The Kier molecular flexibility index (Phi) is 6.42. The molecule has 0 saturated heterocycles. The third kappa shape index (κ3) is 3.89. The molecule has 0 aromatic heterocycles. The molecule has 0 aliphatic carbocycles. The van der Waals surface area contributed by atoms with Crippen LogP contribution in [0.2, 0.25) is 0 Å². The number of hydrogen-bond acceptors (Lipinski definition) is 6. The maximum Gasteiger partial charge on any atom is 0.278 e. The van der Waals surface area contributed by atoms with Gasteiger partial charge in [-0.15, -0.1) is 0 Å². The van der Waals surface area contributed by atoms with E-state index in [-0.39, 0.29) is 36.2 Å². The second-order valence-electron chi connectivity index (χ2n) is 6.95. The summed E-state index contributed by atoms with van der Waals surface area (Å²) in [7, 11) is 4.60. The van der Waals surface area contributed by atoms with Crippen LogP contribution >= 0.6 is 0 Å². The topological polar surface area (TPSA) is 77.1 Å². The van der Waals surface area contributed by atoms with Gasteiger partial charge in [-0.1, -0.05) is 18.2 Å². The average Bonchev–Trinajstić information content (AvgIpc) is 2.98. The molecular formula is C23H26N2O5. The fourth-order valence-electron chi connectivity index (χ4n) is 3.36. The highest BCUT2D eigenvalue weighted by Gasteiger charge is 2.39. The van der Waals surface area contributed by atoms with Crippen LogP contribution in [-0.2, 0) is 14.3 Å². The second kappa shape index (κ2) is 9.00. The third-order valence-electron chi connectivity index (χ3n) is 5.22. The number of aryl methyl sites for hydroxylation is 1. The van der Waals surface area contributed by atoms with Crippen molar-refractivity contribution in [1.29, 1.82) is 0 Å². The highest BCUT2D eigenvalue weighted by atomic mass is 16.5. The molecular weight excluding hydrogens is 384 g/mol. The molecule has 0 radical (unpaired) electrons. The number of methoxy groups -OCH3 is 3. The molecule has 7 nitrogen and oxygen atoms in total. The summed E-state index contributed by atoms with van der Waals surface area (Å²) >= 11 is 0. The van der Waals surface area contributed by atoms with Crippen molar-refractivity contribution in [1.82, 2.24) is 4.90 Å². The number of carbonyl (C=O) groups is 2. The summed E-state index contributed by atoms with van der Waals surface area (Å²) in [6.45, 7) is 4.39. The lowest BCUT2D eigenvalue weighted by Crippen LogP contribution is -2.35. The molecule has 0 atom stereocenters. The van der Waals surface area contributed by atoms with Crippen LogP contribution in [0.3, 0.4) is 0 Å². The fraction of sp³-hybridized carbons (Fsp3) is 0.304.